The number of anilines is 2. The highest BCUT2D eigenvalue weighted by Gasteiger charge is 2.46. The van der Waals surface area contributed by atoms with Gasteiger partial charge in [-0.1, -0.05) is 13.8 Å². The van der Waals surface area contributed by atoms with Crippen molar-refractivity contribution in [3.8, 4) is 0 Å². The Morgan fingerprint density at radius 2 is 2.31 bits per heavy atom. The monoisotopic (exact) mass is 178 g/mol. The molecule has 0 radical (unpaired) electrons. The SMILES string of the molecule is CC1(C)CC1Nc1nccc(N)n1. The molecule has 1 aromatic heterocycles. The van der Waals surface area contributed by atoms with E-state index in [2.05, 4.69) is 29.1 Å². The van der Waals surface area contributed by atoms with Crippen LogP contribution in [0, 0.1) is 5.41 Å². The fourth-order valence-electron chi connectivity index (χ4n) is 1.31. The van der Waals surface area contributed by atoms with Crippen molar-refractivity contribution in [2.45, 2.75) is 26.3 Å². The minimum atomic E-state index is 0.383. The van der Waals surface area contributed by atoms with E-state index in [0.717, 1.165) is 0 Å². The van der Waals surface area contributed by atoms with Crippen LogP contribution in [0.25, 0.3) is 0 Å². The van der Waals surface area contributed by atoms with Gasteiger partial charge in [0.05, 0.1) is 0 Å². The molecule has 0 amide bonds. The molecule has 1 atom stereocenters. The Labute approximate surface area is 77.6 Å². The van der Waals surface area contributed by atoms with Gasteiger partial charge in [-0.2, -0.15) is 4.98 Å². The molecule has 13 heavy (non-hydrogen) atoms. The number of hydrogen-bond acceptors (Lipinski definition) is 4. The summed E-state index contributed by atoms with van der Waals surface area (Å²) < 4.78 is 0. The lowest BCUT2D eigenvalue weighted by Crippen LogP contribution is -2.11. The zero-order valence-corrected chi connectivity index (χ0v) is 7.91. The second-order valence-electron chi connectivity index (χ2n) is 4.19. The van der Waals surface area contributed by atoms with Crippen molar-refractivity contribution in [1.29, 1.82) is 0 Å². The molecule has 1 unspecified atom stereocenters. The summed E-state index contributed by atoms with van der Waals surface area (Å²) in [5.74, 6) is 1.14. The van der Waals surface area contributed by atoms with Crippen LogP contribution in [0.1, 0.15) is 20.3 Å². The van der Waals surface area contributed by atoms with Gasteiger partial charge >= 0.3 is 0 Å². The number of aromatic nitrogens is 2. The summed E-state index contributed by atoms with van der Waals surface area (Å²) in [5, 5.41) is 3.24. The summed E-state index contributed by atoms with van der Waals surface area (Å²) in [6.07, 6.45) is 2.84. The maximum atomic E-state index is 5.53. The van der Waals surface area contributed by atoms with Crippen LogP contribution in [0.15, 0.2) is 12.3 Å². The molecule has 1 saturated carbocycles. The minimum Gasteiger partial charge on any atom is -0.384 e. The molecule has 0 saturated heterocycles. The van der Waals surface area contributed by atoms with Gasteiger partial charge in [0, 0.05) is 12.2 Å². The quantitative estimate of drug-likeness (QED) is 0.715. The van der Waals surface area contributed by atoms with Gasteiger partial charge in [0.25, 0.3) is 0 Å². The Kier molecular flexibility index (Phi) is 1.65. The minimum absolute atomic E-state index is 0.383. The molecule has 1 heterocycles. The molecule has 1 aliphatic carbocycles. The van der Waals surface area contributed by atoms with Crippen molar-refractivity contribution in [2.75, 3.05) is 11.1 Å². The van der Waals surface area contributed by atoms with E-state index in [-0.39, 0.29) is 0 Å². The van der Waals surface area contributed by atoms with Crippen LogP contribution in [-0.2, 0) is 0 Å². The highest BCUT2D eigenvalue weighted by molar-refractivity contribution is 5.37. The summed E-state index contributed by atoms with van der Waals surface area (Å²) in [4.78, 5) is 8.16. The molecule has 0 aliphatic heterocycles. The smallest absolute Gasteiger partial charge is 0.224 e. The van der Waals surface area contributed by atoms with Crippen LogP contribution in [0.2, 0.25) is 0 Å². The summed E-state index contributed by atoms with van der Waals surface area (Å²) in [6, 6.07) is 2.18. The van der Waals surface area contributed by atoms with Crippen LogP contribution < -0.4 is 11.1 Å². The van der Waals surface area contributed by atoms with Crippen molar-refractivity contribution < 1.29 is 0 Å². The lowest BCUT2D eigenvalue weighted by molar-refractivity contribution is 0.629. The van der Waals surface area contributed by atoms with Gasteiger partial charge in [-0.3, -0.25) is 0 Å². The molecule has 4 heteroatoms. The molecule has 0 spiro atoms. The summed E-state index contributed by atoms with van der Waals surface area (Å²) in [6.45, 7) is 4.44. The average molecular weight is 178 g/mol. The van der Waals surface area contributed by atoms with Crippen molar-refractivity contribution in [3.05, 3.63) is 12.3 Å². The van der Waals surface area contributed by atoms with E-state index in [0.29, 0.717) is 23.2 Å². The zero-order valence-electron chi connectivity index (χ0n) is 7.91. The molecule has 4 nitrogen and oxygen atoms in total. The topological polar surface area (TPSA) is 63.8 Å². The third-order valence-corrected chi connectivity index (χ3v) is 2.49. The molecule has 0 bridgehead atoms. The van der Waals surface area contributed by atoms with Gasteiger partial charge in [0.1, 0.15) is 5.82 Å². The maximum absolute atomic E-state index is 5.53. The first kappa shape index (κ1) is 8.29. The predicted octanol–water partition coefficient (Wildman–Crippen LogP) is 1.27. The Bertz CT molecular complexity index is 321. The Morgan fingerprint density at radius 3 is 2.85 bits per heavy atom. The van der Waals surface area contributed by atoms with Gasteiger partial charge in [0.15, 0.2) is 0 Å². The maximum Gasteiger partial charge on any atom is 0.224 e. The van der Waals surface area contributed by atoms with Gasteiger partial charge < -0.3 is 11.1 Å². The average Bonchev–Trinajstić information content (AvgIpc) is 2.58. The molecule has 1 fully saturated rings. The Morgan fingerprint density at radius 1 is 1.62 bits per heavy atom. The van der Waals surface area contributed by atoms with Crippen molar-refractivity contribution >= 4 is 11.8 Å². The van der Waals surface area contributed by atoms with E-state index in [9.17, 15) is 0 Å². The molecule has 3 N–H and O–H groups in total. The molecule has 70 valence electrons. The molecular weight excluding hydrogens is 164 g/mol. The van der Waals surface area contributed by atoms with Crippen LogP contribution in [0.5, 0.6) is 0 Å². The first-order valence-corrected chi connectivity index (χ1v) is 4.43. The van der Waals surface area contributed by atoms with Crippen LogP contribution in [0.3, 0.4) is 0 Å². The van der Waals surface area contributed by atoms with E-state index >= 15 is 0 Å². The van der Waals surface area contributed by atoms with Crippen molar-refractivity contribution in [2.24, 2.45) is 5.41 Å². The zero-order chi connectivity index (χ0) is 9.47. The van der Waals surface area contributed by atoms with E-state index < -0.39 is 0 Å². The highest BCUT2D eigenvalue weighted by Crippen LogP contribution is 2.46. The number of hydrogen-bond donors (Lipinski definition) is 2. The van der Waals surface area contributed by atoms with Crippen LogP contribution in [0.4, 0.5) is 11.8 Å². The van der Waals surface area contributed by atoms with E-state index in [1.807, 2.05) is 0 Å². The van der Waals surface area contributed by atoms with Crippen molar-refractivity contribution in [3.63, 3.8) is 0 Å². The predicted molar refractivity (Wildman–Crippen MR) is 52.3 cm³/mol. The first-order chi connectivity index (χ1) is 6.08. The summed E-state index contributed by atoms with van der Waals surface area (Å²) in [5.41, 5.74) is 5.91. The molecule has 2 rings (SSSR count). The van der Waals surface area contributed by atoms with E-state index in [1.165, 1.54) is 6.42 Å². The van der Waals surface area contributed by atoms with Crippen LogP contribution >= 0.6 is 0 Å². The normalized spacial score (nSPS) is 24.0. The second-order valence-corrected chi connectivity index (χ2v) is 4.19. The third kappa shape index (κ3) is 1.71. The number of nitrogens with one attached hydrogen (secondary N) is 1. The molecule has 1 aliphatic rings. The lowest BCUT2D eigenvalue weighted by Gasteiger charge is -2.05. The molecule has 1 aromatic rings. The number of nitrogens with zero attached hydrogens (tertiary/aromatic N) is 2. The summed E-state index contributed by atoms with van der Waals surface area (Å²) in [7, 11) is 0. The van der Waals surface area contributed by atoms with Gasteiger partial charge in [-0.15, -0.1) is 0 Å². The molecular formula is C9H14N4. The van der Waals surface area contributed by atoms with Gasteiger partial charge in [-0.05, 0) is 17.9 Å². The molecule has 0 aromatic carbocycles. The third-order valence-electron chi connectivity index (χ3n) is 2.49. The Balaban J connectivity index is 2.03. The fraction of sp³-hybridized carbons (Fsp3) is 0.556. The second kappa shape index (κ2) is 2.58. The van der Waals surface area contributed by atoms with Gasteiger partial charge in [-0.25, -0.2) is 4.98 Å². The fourth-order valence-corrected chi connectivity index (χ4v) is 1.31. The van der Waals surface area contributed by atoms with E-state index in [4.69, 9.17) is 5.73 Å². The highest BCUT2D eigenvalue weighted by atomic mass is 15.2. The van der Waals surface area contributed by atoms with Crippen LogP contribution in [-0.4, -0.2) is 16.0 Å². The Hall–Kier alpha value is -1.32. The first-order valence-electron chi connectivity index (χ1n) is 4.43. The number of nitrogen functional groups attached to an aromatic ring is 1. The van der Waals surface area contributed by atoms with Crippen molar-refractivity contribution in [1.82, 2.24) is 9.97 Å². The number of rotatable bonds is 2. The standard InChI is InChI=1S/C9H14N4/c1-9(2)5-6(9)12-8-11-4-3-7(10)13-8/h3-4,6H,5H2,1-2H3,(H3,10,11,12,13). The number of nitrogens with two attached hydrogens (primary N) is 1. The lowest BCUT2D eigenvalue weighted by atomic mass is 10.2. The largest absolute Gasteiger partial charge is 0.384 e. The van der Waals surface area contributed by atoms with E-state index in [1.54, 1.807) is 12.3 Å². The van der Waals surface area contributed by atoms with Gasteiger partial charge in [0.2, 0.25) is 5.95 Å². The summed E-state index contributed by atoms with van der Waals surface area (Å²) >= 11 is 0.